The van der Waals surface area contributed by atoms with E-state index in [9.17, 15) is 4.79 Å². The second-order valence-electron chi connectivity index (χ2n) is 3.78. The van der Waals surface area contributed by atoms with E-state index in [0.29, 0.717) is 6.61 Å². The second-order valence-corrected chi connectivity index (χ2v) is 3.78. The Morgan fingerprint density at radius 1 is 1.21 bits per heavy atom. The minimum absolute atomic E-state index is 0.189. The monoisotopic (exact) mass is 258 g/mol. The molecule has 0 aliphatic rings. The first-order chi connectivity index (χ1) is 9.24. The summed E-state index contributed by atoms with van der Waals surface area (Å²) in [6.07, 6.45) is 1.60. The van der Waals surface area contributed by atoms with Gasteiger partial charge in [-0.1, -0.05) is 12.1 Å². The highest BCUT2D eigenvalue weighted by molar-refractivity contribution is 5.88. The predicted octanol–water partition coefficient (Wildman–Crippen LogP) is 2.33. The van der Waals surface area contributed by atoms with Crippen LogP contribution in [0.5, 0.6) is 5.75 Å². The topological polar surface area (TPSA) is 61.3 Å². The van der Waals surface area contributed by atoms with Crippen molar-refractivity contribution in [3.63, 3.8) is 0 Å². The Balaban J connectivity index is 2.28. The van der Waals surface area contributed by atoms with E-state index in [1.807, 2.05) is 31.2 Å². The number of hydrogen-bond donors (Lipinski definition) is 0. The van der Waals surface area contributed by atoms with Crippen LogP contribution in [0.1, 0.15) is 17.4 Å². The maximum absolute atomic E-state index is 11.4. The van der Waals surface area contributed by atoms with Gasteiger partial charge in [0.25, 0.3) is 0 Å². The molecule has 0 atom stereocenters. The molecule has 1 aromatic heterocycles. The highest BCUT2D eigenvalue weighted by atomic mass is 16.5. The largest absolute Gasteiger partial charge is 0.494 e. The van der Waals surface area contributed by atoms with Gasteiger partial charge >= 0.3 is 5.97 Å². The lowest BCUT2D eigenvalue weighted by Gasteiger charge is -2.05. The van der Waals surface area contributed by atoms with Gasteiger partial charge in [-0.3, -0.25) is 0 Å². The normalized spacial score (nSPS) is 10.0. The molecule has 5 nitrogen and oxygen atoms in total. The molecule has 5 heteroatoms. The lowest BCUT2D eigenvalue weighted by molar-refractivity contribution is 0.0592. The summed E-state index contributed by atoms with van der Waals surface area (Å²) in [6.45, 7) is 2.56. The molecule has 0 saturated carbocycles. The number of ether oxygens (including phenoxy) is 2. The van der Waals surface area contributed by atoms with Crippen molar-refractivity contribution in [2.45, 2.75) is 6.92 Å². The molecule has 0 unspecified atom stereocenters. The van der Waals surface area contributed by atoms with Crippen LogP contribution in [-0.2, 0) is 4.74 Å². The van der Waals surface area contributed by atoms with Gasteiger partial charge in [-0.2, -0.15) is 5.10 Å². The molecule has 0 radical (unpaired) electrons. The van der Waals surface area contributed by atoms with Crippen molar-refractivity contribution in [2.24, 2.45) is 0 Å². The molecule has 0 aliphatic heterocycles. The standard InChI is InChI=1S/C14H14N2O3/c1-3-19-12-6-4-10(5-7-12)11-8-13(14(17)18-2)16-15-9-11/h4-9H,3H2,1-2H3. The summed E-state index contributed by atoms with van der Waals surface area (Å²) >= 11 is 0. The number of methoxy groups -OCH3 is 1. The Bertz CT molecular complexity index is 567. The van der Waals surface area contributed by atoms with Crippen molar-refractivity contribution >= 4 is 5.97 Å². The fourth-order valence-electron chi connectivity index (χ4n) is 1.64. The highest BCUT2D eigenvalue weighted by Gasteiger charge is 2.09. The summed E-state index contributed by atoms with van der Waals surface area (Å²) in [5, 5.41) is 7.54. The number of carbonyl (C=O) groups is 1. The number of carbonyl (C=O) groups excluding carboxylic acids is 1. The summed E-state index contributed by atoms with van der Waals surface area (Å²) in [7, 11) is 1.31. The van der Waals surface area contributed by atoms with Crippen LogP contribution >= 0.6 is 0 Å². The van der Waals surface area contributed by atoms with E-state index in [1.54, 1.807) is 12.3 Å². The number of nitrogens with zero attached hydrogens (tertiary/aromatic N) is 2. The molecule has 0 saturated heterocycles. The molecule has 2 aromatic rings. The van der Waals surface area contributed by atoms with Crippen LogP contribution in [0.25, 0.3) is 11.1 Å². The van der Waals surface area contributed by atoms with Gasteiger partial charge in [-0.15, -0.1) is 5.10 Å². The molecule has 1 aromatic carbocycles. The van der Waals surface area contributed by atoms with Crippen LogP contribution in [-0.4, -0.2) is 29.9 Å². The lowest BCUT2D eigenvalue weighted by atomic mass is 10.1. The fourth-order valence-corrected chi connectivity index (χ4v) is 1.64. The van der Waals surface area contributed by atoms with Gasteiger partial charge < -0.3 is 9.47 Å². The first-order valence-corrected chi connectivity index (χ1v) is 5.89. The summed E-state index contributed by atoms with van der Waals surface area (Å²) in [5.74, 6) is 0.307. The average Bonchev–Trinajstić information content (AvgIpc) is 2.48. The third-order valence-corrected chi connectivity index (χ3v) is 2.55. The maximum Gasteiger partial charge on any atom is 0.358 e. The minimum Gasteiger partial charge on any atom is -0.494 e. The van der Waals surface area contributed by atoms with Gasteiger partial charge in [0, 0.05) is 5.56 Å². The van der Waals surface area contributed by atoms with E-state index in [4.69, 9.17) is 4.74 Å². The van der Waals surface area contributed by atoms with Gasteiger partial charge in [0.15, 0.2) is 5.69 Å². The number of benzene rings is 1. The molecule has 0 N–H and O–H groups in total. The highest BCUT2D eigenvalue weighted by Crippen LogP contribution is 2.22. The zero-order valence-corrected chi connectivity index (χ0v) is 10.8. The Hall–Kier alpha value is -2.43. The van der Waals surface area contributed by atoms with E-state index in [1.165, 1.54) is 7.11 Å². The van der Waals surface area contributed by atoms with Crippen LogP contribution in [0.3, 0.4) is 0 Å². The van der Waals surface area contributed by atoms with Crippen LogP contribution in [0, 0.1) is 0 Å². The summed E-state index contributed by atoms with van der Waals surface area (Å²) in [4.78, 5) is 11.4. The van der Waals surface area contributed by atoms with Crippen LogP contribution in [0.2, 0.25) is 0 Å². The van der Waals surface area contributed by atoms with Gasteiger partial charge in [-0.25, -0.2) is 4.79 Å². The average molecular weight is 258 g/mol. The second kappa shape index (κ2) is 5.95. The third-order valence-electron chi connectivity index (χ3n) is 2.55. The number of hydrogen-bond acceptors (Lipinski definition) is 5. The zero-order chi connectivity index (χ0) is 13.7. The van der Waals surface area contributed by atoms with Crippen molar-refractivity contribution in [3.8, 4) is 16.9 Å². The molecule has 0 aliphatic carbocycles. The van der Waals surface area contributed by atoms with E-state index < -0.39 is 5.97 Å². The lowest BCUT2D eigenvalue weighted by Crippen LogP contribution is -2.05. The SMILES string of the molecule is CCOc1ccc(-c2cnnc(C(=O)OC)c2)cc1. The Labute approximate surface area is 111 Å². The number of esters is 1. The van der Waals surface area contributed by atoms with Gasteiger partial charge in [-0.05, 0) is 30.7 Å². The fraction of sp³-hybridized carbons (Fsp3) is 0.214. The van der Waals surface area contributed by atoms with Crippen LogP contribution in [0.15, 0.2) is 36.5 Å². The summed E-state index contributed by atoms with van der Waals surface area (Å²) in [6, 6.07) is 9.20. The number of rotatable bonds is 4. The van der Waals surface area contributed by atoms with Crippen molar-refractivity contribution in [1.29, 1.82) is 0 Å². The van der Waals surface area contributed by atoms with E-state index in [-0.39, 0.29) is 5.69 Å². The molecule has 19 heavy (non-hydrogen) atoms. The van der Waals surface area contributed by atoms with E-state index >= 15 is 0 Å². The molecule has 0 fully saturated rings. The maximum atomic E-state index is 11.4. The van der Waals surface area contributed by atoms with E-state index in [0.717, 1.165) is 16.9 Å². The summed E-state index contributed by atoms with van der Waals surface area (Å²) < 4.78 is 9.99. The quantitative estimate of drug-likeness (QED) is 0.788. The van der Waals surface area contributed by atoms with Gasteiger partial charge in [0.1, 0.15) is 5.75 Å². The minimum atomic E-state index is -0.500. The molecule has 2 rings (SSSR count). The molecule has 1 heterocycles. The Kier molecular flexibility index (Phi) is 4.07. The van der Waals surface area contributed by atoms with Crippen molar-refractivity contribution < 1.29 is 14.3 Å². The zero-order valence-electron chi connectivity index (χ0n) is 10.8. The van der Waals surface area contributed by atoms with Gasteiger partial charge in [0.2, 0.25) is 0 Å². The molecule has 98 valence electrons. The number of aromatic nitrogens is 2. The smallest absolute Gasteiger partial charge is 0.358 e. The van der Waals surface area contributed by atoms with Gasteiger partial charge in [0.05, 0.1) is 19.9 Å². The first-order valence-electron chi connectivity index (χ1n) is 5.89. The van der Waals surface area contributed by atoms with Crippen molar-refractivity contribution in [1.82, 2.24) is 10.2 Å². The Morgan fingerprint density at radius 2 is 1.95 bits per heavy atom. The first kappa shape index (κ1) is 13.0. The van der Waals surface area contributed by atoms with Crippen LogP contribution in [0.4, 0.5) is 0 Å². The van der Waals surface area contributed by atoms with Crippen molar-refractivity contribution in [2.75, 3.05) is 13.7 Å². The summed E-state index contributed by atoms with van der Waals surface area (Å²) in [5.41, 5.74) is 1.93. The predicted molar refractivity (Wildman–Crippen MR) is 70.0 cm³/mol. The van der Waals surface area contributed by atoms with Crippen molar-refractivity contribution in [3.05, 3.63) is 42.2 Å². The molecule has 0 bridgehead atoms. The Morgan fingerprint density at radius 3 is 2.58 bits per heavy atom. The van der Waals surface area contributed by atoms with E-state index in [2.05, 4.69) is 14.9 Å². The molecule has 0 spiro atoms. The molecular formula is C14H14N2O3. The molecule has 0 amide bonds. The third kappa shape index (κ3) is 3.07. The molecular weight excluding hydrogens is 244 g/mol. The van der Waals surface area contributed by atoms with Crippen LogP contribution < -0.4 is 4.74 Å².